The third-order valence-electron chi connectivity index (χ3n) is 1.31. The van der Waals surface area contributed by atoms with Crippen LogP contribution in [0, 0.1) is 0 Å². The van der Waals surface area contributed by atoms with E-state index in [1.54, 1.807) is 0 Å². The molecule has 0 aromatic rings. The Balaban J connectivity index is 4.00. The van der Waals surface area contributed by atoms with Gasteiger partial charge in [0.15, 0.2) is 3.79 Å². The summed E-state index contributed by atoms with van der Waals surface area (Å²) < 4.78 is 23.8. The molecule has 0 bridgehead atoms. The molecule has 0 heterocycles. The van der Waals surface area contributed by atoms with Gasteiger partial charge < -0.3 is 0 Å². The van der Waals surface area contributed by atoms with Crippen molar-refractivity contribution in [2.75, 3.05) is 20.8 Å². The van der Waals surface area contributed by atoms with Crippen LogP contribution in [0.15, 0.2) is 0 Å². The highest BCUT2D eigenvalue weighted by Crippen LogP contribution is 2.48. The van der Waals surface area contributed by atoms with Gasteiger partial charge in [0.25, 0.3) is 0 Å². The Labute approximate surface area is 109 Å². The van der Waals surface area contributed by atoms with Crippen LogP contribution in [0.5, 0.6) is 0 Å². The molecule has 0 N–H and O–H groups in total. The van der Waals surface area contributed by atoms with E-state index < -0.39 is 17.0 Å². The molecule has 0 aliphatic heterocycles. The molecule has 1 unspecified atom stereocenters. The molecule has 0 aromatic heterocycles. The molecule has 0 amide bonds. The van der Waals surface area contributed by atoms with Gasteiger partial charge in [-0.15, -0.1) is 11.6 Å². The van der Waals surface area contributed by atoms with Crippen molar-refractivity contribution in [1.82, 2.24) is 0 Å². The lowest BCUT2D eigenvalue weighted by atomic mass is 10.3. The molecule has 0 radical (unpaired) electrons. The molecule has 4 nitrogen and oxygen atoms in total. The van der Waals surface area contributed by atoms with Crippen molar-refractivity contribution in [3.63, 3.8) is 0 Å². The smallest absolute Gasteiger partial charge is 0.290 e. The Morgan fingerprint density at radius 3 is 2.07 bits per heavy atom. The second-order valence-electron chi connectivity index (χ2n) is 2.52. The number of hydrogen-bond donors (Lipinski definition) is 0. The van der Waals surface area contributed by atoms with Crippen molar-refractivity contribution in [2.45, 2.75) is 15.6 Å². The average molecular weight is 320 g/mol. The topological polar surface area (TPSA) is 44.8 Å². The maximum absolute atomic E-state index is 11.4. The van der Waals surface area contributed by atoms with Crippen molar-refractivity contribution in [1.29, 1.82) is 0 Å². The van der Waals surface area contributed by atoms with Gasteiger partial charge in [0, 0.05) is 20.6 Å². The first kappa shape index (κ1) is 16.3. The van der Waals surface area contributed by atoms with E-state index in [9.17, 15) is 4.57 Å². The predicted molar refractivity (Wildman–Crippen MR) is 62.1 cm³/mol. The van der Waals surface area contributed by atoms with Gasteiger partial charge in [-0.05, 0) is 0 Å². The van der Waals surface area contributed by atoms with E-state index in [1.165, 1.54) is 14.2 Å². The summed E-state index contributed by atoms with van der Waals surface area (Å²) in [5, 5.41) is -0.601. The molecule has 0 rings (SSSR count). The number of phosphoric ester groups is 1. The van der Waals surface area contributed by atoms with Crippen LogP contribution in [0.2, 0.25) is 0 Å². The zero-order valence-electron chi connectivity index (χ0n) is 8.08. The van der Waals surface area contributed by atoms with Crippen LogP contribution in [0.3, 0.4) is 0 Å². The van der Waals surface area contributed by atoms with E-state index in [2.05, 4.69) is 9.05 Å². The monoisotopic (exact) mass is 318 g/mol. The Morgan fingerprint density at radius 1 is 1.27 bits per heavy atom. The molecule has 1 atom stereocenters. The van der Waals surface area contributed by atoms with E-state index in [1.807, 2.05) is 0 Å². The van der Waals surface area contributed by atoms with Crippen LogP contribution >= 0.6 is 54.2 Å². The summed E-state index contributed by atoms with van der Waals surface area (Å²) in [4.78, 5) is 0. The van der Waals surface area contributed by atoms with Crippen LogP contribution in [-0.2, 0) is 18.1 Å². The molecule has 0 spiro atoms. The summed E-state index contributed by atoms with van der Waals surface area (Å²) in [6.07, 6.45) is 0.0622. The molecule has 92 valence electrons. The fraction of sp³-hybridized carbons (Fsp3) is 1.00. The number of alkyl halides is 4. The second kappa shape index (κ2) is 6.87. The molecule has 0 saturated carbocycles. The number of halogens is 4. The van der Waals surface area contributed by atoms with E-state index in [0.29, 0.717) is 0 Å². The first-order chi connectivity index (χ1) is 6.72. The maximum Gasteiger partial charge on any atom is 0.474 e. The minimum absolute atomic E-state index is 0.0622. The van der Waals surface area contributed by atoms with Gasteiger partial charge in [0.2, 0.25) is 0 Å². The van der Waals surface area contributed by atoms with Crippen molar-refractivity contribution in [2.24, 2.45) is 0 Å². The lowest BCUT2D eigenvalue weighted by Crippen LogP contribution is -2.17. The van der Waals surface area contributed by atoms with E-state index >= 15 is 0 Å². The van der Waals surface area contributed by atoms with Crippen LogP contribution in [0.1, 0.15) is 6.42 Å². The normalized spacial score (nSPS) is 15.3. The molecule has 0 aliphatic rings. The summed E-state index contributed by atoms with van der Waals surface area (Å²) in [5.41, 5.74) is 0. The number of hydrogen-bond acceptors (Lipinski definition) is 4. The van der Waals surface area contributed by atoms with Gasteiger partial charge >= 0.3 is 7.82 Å². The van der Waals surface area contributed by atoms with Crippen molar-refractivity contribution < 1.29 is 18.1 Å². The Morgan fingerprint density at radius 2 is 1.73 bits per heavy atom. The maximum atomic E-state index is 11.4. The molecule has 0 fully saturated rings. The van der Waals surface area contributed by atoms with Crippen LogP contribution in [0.4, 0.5) is 0 Å². The second-order valence-corrected chi connectivity index (χ2v) is 7.54. The molecule has 0 aromatic carbocycles. The van der Waals surface area contributed by atoms with Crippen molar-refractivity contribution in [3.8, 4) is 0 Å². The predicted octanol–water partition coefficient (Wildman–Crippen LogP) is 3.77. The highest BCUT2D eigenvalue weighted by Gasteiger charge is 2.28. The first-order valence-electron chi connectivity index (χ1n) is 3.79. The fourth-order valence-corrected chi connectivity index (χ4v) is 2.56. The zero-order valence-corrected chi connectivity index (χ0v) is 12.0. The van der Waals surface area contributed by atoms with Crippen molar-refractivity contribution >= 4 is 54.2 Å². The third kappa shape index (κ3) is 8.06. The average Bonchev–Trinajstić information content (AvgIpc) is 2.12. The Bertz CT molecular complexity index is 224. The SMILES string of the molecule is COP(=O)(OC)OCC(Cl)CC(Cl)(Cl)Cl. The molecular weight excluding hydrogens is 309 g/mol. The highest BCUT2D eigenvalue weighted by atomic mass is 35.6. The zero-order chi connectivity index (χ0) is 12.1. The van der Waals surface area contributed by atoms with Crippen LogP contribution in [-0.4, -0.2) is 30.0 Å². The van der Waals surface area contributed by atoms with Crippen molar-refractivity contribution in [3.05, 3.63) is 0 Å². The minimum atomic E-state index is -3.51. The molecule has 0 saturated heterocycles. The lowest BCUT2D eigenvalue weighted by Gasteiger charge is -2.18. The third-order valence-corrected chi connectivity index (χ3v) is 3.42. The largest absolute Gasteiger partial charge is 0.474 e. The van der Waals surface area contributed by atoms with E-state index in [-0.39, 0.29) is 13.0 Å². The molecule has 0 aliphatic carbocycles. The molecular formula is C6H11Cl4O4P. The summed E-state index contributed by atoms with van der Waals surface area (Å²) >= 11 is 22.3. The summed E-state index contributed by atoms with van der Waals surface area (Å²) in [6.45, 7) is -0.103. The quantitative estimate of drug-likeness (QED) is 0.552. The molecule has 9 heteroatoms. The standard InChI is InChI=1S/C6H11Cl4O4P/c1-12-15(11,13-2)14-4-5(7)3-6(8,9)10/h5H,3-4H2,1-2H3. The van der Waals surface area contributed by atoms with E-state index in [0.717, 1.165) is 0 Å². The first-order valence-corrected chi connectivity index (χ1v) is 6.82. The van der Waals surface area contributed by atoms with E-state index in [4.69, 9.17) is 50.9 Å². The number of rotatable bonds is 6. The van der Waals surface area contributed by atoms with Gasteiger partial charge in [-0.1, -0.05) is 34.8 Å². The fourth-order valence-electron chi connectivity index (χ4n) is 0.662. The van der Waals surface area contributed by atoms with Gasteiger partial charge in [0.05, 0.1) is 12.0 Å². The van der Waals surface area contributed by atoms with Gasteiger partial charge in [0.1, 0.15) is 0 Å². The van der Waals surface area contributed by atoms with Gasteiger partial charge in [-0.25, -0.2) is 4.57 Å². The Hall–Kier alpha value is 1.27. The molecule has 15 heavy (non-hydrogen) atoms. The summed E-state index contributed by atoms with van der Waals surface area (Å²) in [5.74, 6) is 0. The summed E-state index contributed by atoms with van der Waals surface area (Å²) in [6, 6.07) is 0. The van der Waals surface area contributed by atoms with Gasteiger partial charge in [-0.3, -0.25) is 13.6 Å². The Kier molecular flexibility index (Phi) is 7.46. The van der Waals surface area contributed by atoms with Gasteiger partial charge in [-0.2, -0.15) is 0 Å². The minimum Gasteiger partial charge on any atom is -0.290 e. The lowest BCUT2D eigenvalue weighted by molar-refractivity contribution is 0.151. The number of phosphoric acid groups is 1. The van der Waals surface area contributed by atoms with Crippen LogP contribution in [0.25, 0.3) is 0 Å². The van der Waals surface area contributed by atoms with Crippen LogP contribution < -0.4 is 0 Å². The summed E-state index contributed by atoms with van der Waals surface area (Å²) in [7, 11) is -1.12. The highest BCUT2D eigenvalue weighted by molar-refractivity contribution is 7.48.